The molecular weight excluding hydrogens is 246 g/mol. The topological polar surface area (TPSA) is 21.3 Å². The van der Waals surface area contributed by atoms with Gasteiger partial charge in [-0.1, -0.05) is 13.8 Å². The summed E-state index contributed by atoms with van der Waals surface area (Å²) in [6.07, 6.45) is 10.2. The van der Waals surface area contributed by atoms with Crippen LogP contribution < -0.4 is 5.32 Å². The smallest absolute Gasteiger partial charge is 0.0624 e. The molecule has 0 saturated heterocycles. The standard InChI is InChI=1S/C18H33NO/c1-13(2)4-5-20-12-17(19-3)18-9-14-6-15(10-18)8-16(7-14)11-18/h13-17,19H,4-12H2,1-3H3. The maximum absolute atomic E-state index is 6.02. The molecule has 4 saturated carbocycles. The second-order valence-corrected chi connectivity index (χ2v) is 8.38. The van der Waals surface area contributed by atoms with Crippen molar-refractivity contribution in [1.82, 2.24) is 5.32 Å². The molecule has 0 spiro atoms. The molecule has 0 aliphatic heterocycles. The summed E-state index contributed by atoms with van der Waals surface area (Å²) < 4.78 is 6.02. The van der Waals surface area contributed by atoms with Crippen molar-refractivity contribution in [1.29, 1.82) is 0 Å². The maximum Gasteiger partial charge on any atom is 0.0624 e. The van der Waals surface area contributed by atoms with Crippen LogP contribution in [0.1, 0.15) is 58.8 Å². The quantitative estimate of drug-likeness (QED) is 0.715. The van der Waals surface area contributed by atoms with Gasteiger partial charge in [-0.3, -0.25) is 0 Å². The SMILES string of the molecule is CNC(COCCC(C)C)C12CC3CC(CC(C3)C1)C2. The zero-order chi connectivity index (χ0) is 14.2. The fraction of sp³-hybridized carbons (Fsp3) is 1.00. The minimum absolute atomic E-state index is 0.571. The first-order valence-electron chi connectivity index (χ1n) is 8.86. The summed E-state index contributed by atoms with van der Waals surface area (Å²) in [4.78, 5) is 0. The summed E-state index contributed by atoms with van der Waals surface area (Å²) in [6.45, 7) is 6.41. The predicted octanol–water partition coefficient (Wildman–Crippen LogP) is 3.85. The molecule has 0 aromatic carbocycles. The van der Waals surface area contributed by atoms with E-state index in [0.29, 0.717) is 11.5 Å². The van der Waals surface area contributed by atoms with Crippen molar-refractivity contribution < 1.29 is 4.74 Å². The van der Waals surface area contributed by atoms with Crippen molar-refractivity contribution in [3.63, 3.8) is 0 Å². The Morgan fingerprint density at radius 2 is 1.60 bits per heavy atom. The van der Waals surface area contributed by atoms with Gasteiger partial charge in [-0.25, -0.2) is 0 Å². The number of likely N-dealkylation sites (N-methyl/N-ethyl adjacent to an activating group) is 1. The Morgan fingerprint density at radius 3 is 2.05 bits per heavy atom. The van der Waals surface area contributed by atoms with E-state index in [1.807, 2.05) is 0 Å². The summed E-state index contributed by atoms with van der Waals surface area (Å²) >= 11 is 0. The third kappa shape index (κ3) is 2.92. The van der Waals surface area contributed by atoms with Crippen molar-refractivity contribution in [2.75, 3.05) is 20.3 Å². The van der Waals surface area contributed by atoms with Crippen LogP contribution in [0.4, 0.5) is 0 Å². The van der Waals surface area contributed by atoms with Crippen LogP contribution in [0.2, 0.25) is 0 Å². The molecule has 20 heavy (non-hydrogen) atoms. The van der Waals surface area contributed by atoms with E-state index in [9.17, 15) is 0 Å². The highest BCUT2D eigenvalue weighted by Crippen LogP contribution is 2.61. The Labute approximate surface area is 125 Å². The highest BCUT2D eigenvalue weighted by atomic mass is 16.5. The molecule has 0 aromatic rings. The molecule has 1 unspecified atom stereocenters. The molecule has 1 atom stereocenters. The van der Waals surface area contributed by atoms with Crippen LogP contribution >= 0.6 is 0 Å². The zero-order valence-electron chi connectivity index (χ0n) is 13.7. The molecule has 0 aromatic heterocycles. The third-order valence-corrected chi connectivity index (χ3v) is 6.30. The van der Waals surface area contributed by atoms with Crippen LogP contribution in [0.15, 0.2) is 0 Å². The van der Waals surface area contributed by atoms with Crippen molar-refractivity contribution in [3.8, 4) is 0 Å². The lowest BCUT2D eigenvalue weighted by Crippen LogP contribution is -2.56. The summed E-state index contributed by atoms with van der Waals surface area (Å²) in [7, 11) is 2.15. The van der Waals surface area contributed by atoms with Crippen LogP contribution in [0.5, 0.6) is 0 Å². The van der Waals surface area contributed by atoms with E-state index in [0.717, 1.165) is 36.9 Å². The maximum atomic E-state index is 6.02. The number of nitrogens with one attached hydrogen (secondary N) is 1. The first-order chi connectivity index (χ1) is 9.61. The average molecular weight is 279 g/mol. The Kier molecular flexibility index (Phi) is 4.42. The van der Waals surface area contributed by atoms with Crippen LogP contribution in [-0.2, 0) is 4.74 Å². The Bertz CT molecular complexity index is 290. The Balaban J connectivity index is 1.58. The molecule has 4 aliphatic carbocycles. The van der Waals surface area contributed by atoms with E-state index in [2.05, 4.69) is 26.2 Å². The van der Waals surface area contributed by atoms with E-state index in [4.69, 9.17) is 4.74 Å². The van der Waals surface area contributed by atoms with Gasteiger partial charge in [-0.2, -0.15) is 0 Å². The molecule has 4 fully saturated rings. The second-order valence-electron chi connectivity index (χ2n) is 8.38. The summed E-state index contributed by atoms with van der Waals surface area (Å²) in [5.41, 5.74) is 0.571. The fourth-order valence-electron chi connectivity index (χ4n) is 5.69. The summed E-state index contributed by atoms with van der Waals surface area (Å²) in [6, 6.07) is 0.586. The lowest BCUT2D eigenvalue weighted by Gasteiger charge is -2.59. The van der Waals surface area contributed by atoms with Crippen LogP contribution in [-0.4, -0.2) is 26.3 Å². The van der Waals surface area contributed by atoms with E-state index in [1.54, 1.807) is 0 Å². The summed E-state index contributed by atoms with van der Waals surface area (Å²) in [5, 5.41) is 3.62. The predicted molar refractivity (Wildman–Crippen MR) is 83.7 cm³/mol. The van der Waals surface area contributed by atoms with Gasteiger partial charge in [-0.15, -0.1) is 0 Å². The van der Waals surface area contributed by atoms with E-state index >= 15 is 0 Å². The number of rotatable bonds is 7. The van der Waals surface area contributed by atoms with Gasteiger partial charge in [0.25, 0.3) is 0 Å². The van der Waals surface area contributed by atoms with Crippen molar-refractivity contribution in [3.05, 3.63) is 0 Å². The lowest BCUT2D eigenvalue weighted by molar-refractivity contribution is -0.0876. The molecule has 0 radical (unpaired) electrons. The van der Waals surface area contributed by atoms with E-state index < -0.39 is 0 Å². The number of hydrogen-bond donors (Lipinski definition) is 1. The van der Waals surface area contributed by atoms with Gasteiger partial charge in [0.05, 0.1) is 6.61 Å². The minimum Gasteiger partial charge on any atom is -0.380 e. The molecule has 4 rings (SSSR count). The normalized spacial score (nSPS) is 40.5. The van der Waals surface area contributed by atoms with Gasteiger partial charge in [0.1, 0.15) is 0 Å². The number of hydrogen-bond acceptors (Lipinski definition) is 2. The first-order valence-corrected chi connectivity index (χ1v) is 8.86. The highest BCUT2D eigenvalue weighted by molar-refractivity contribution is 5.05. The fourth-order valence-corrected chi connectivity index (χ4v) is 5.69. The van der Waals surface area contributed by atoms with Gasteiger partial charge in [-0.05, 0) is 81.1 Å². The molecule has 0 amide bonds. The monoisotopic (exact) mass is 279 g/mol. The Hall–Kier alpha value is -0.0800. The molecular formula is C18H33NO. The van der Waals surface area contributed by atoms with Gasteiger partial charge in [0, 0.05) is 12.6 Å². The van der Waals surface area contributed by atoms with Gasteiger partial charge in [0.15, 0.2) is 0 Å². The third-order valence-electron chi connectivity index (χ3n) is 6.30. The lowest BCUT2D eigenvalue weighted by atomic mass is 9.48. The summed E-state index contributed by atoms with van der Waals surface area (Å²) in [5.74, 6) is 3.86. The molecule has 1 N–H and O–H groups in total. The van der Waals surface area contributed by atoms with Gasteiger partial charge < -0.3 is 10.1 Å². The molecule has 2 heteroatoms. The average Bonchev–Trinajstić information content (AvgIpc) is 2.36. The van der Waals surface area contributed by atoms with Crippen molar-refractivity contribution in [2.24, 2.45) is 29.1 Å². The van der Waals surface area contributed by atoms with Crippen molar-refractivity contribution in [2.45, 2.75) is 64.8 Å². The molecule has 2 nitrogen and oxygen atoms in total. The van der Waals surface area contributed by atoms with Gasteiger partial charge in [0.2, 0.25) is 0 Å². The van der Waals surface area contributed by atoms with Crippen LogP contribution in [0, 0.1) is 29.1 Å². The molecule has 0 heterocycles. The van der Waals surface area contributed by atoms with Gasteiger partial charge >= 0.3 is 0 Å². The van der Waals surface area contributed by atoms with Crippen LogP contribution in [0.25, 0.3) is 0 Å². The molecule has 4 bridgehead atoms. The zero-order valence-corrected chi connectivity index (χ0v) is 13.7. The van der Waals surface area contributed by atoms with E-state index in [1.165, 1.54) is 44.9 Å². The first kappa shape index (κ1) is 14.8. The largest absolute Gasteiger partial charge is 0.380 e. The highest BCUT2D eigenvalue weighted by Gasteiger charge is 2.53. The minimum atomic E-state index is 0.571. The molecule has 4 aliphatic rings. The Morgan fingerprint density at radius 1 is 1.05 bits per heavy atom. The molecule has 116 valence electrons. The van der Waals surface area contributed by atoms with Crippen LogP contribution in [0.3, 0.4) is 0 Å². The second kappa shape index (κ2) is 5.96. The van der Waals surface area contributed by atoms with E-state index in [-0.39, 0.29) is 0 Å². The number of ether oxygens (including phenoxy) is 1. The van der Waals surface area contributed by atoms with Crippen molar-refractivity contribution >= 4 is 0 Å².